The molecule has 1 aliphatic rings. The number of carbonyl (C=O) groups is 1. The average Bonchev–Trinajstić information content (AvgIpc) is 2.48. The summed E-state index contributed by atoms with van der Waals surface area (Å²) in [6, 6.07) is 1.98. The van der Waals surface area contributed by atoms with Gasteiger partial charge in [0, 0.05) is 17.1 Å². The highest BCUT2D eigenvalue weighted by molar-refractivity contribution is 6.32. The van der Waals surface area contributed by atoms with Crippen LogP contribution in [0.4, 0.5) is 13.2 Å². The maximum absolute atomic E-state index is 12.5. The van der Waals surface area contributed by atoms with Crippen LogP contribution in [-0.2, 0) is 12.7 Å². The molecule has 0 radical (unpaired) electrons. The van der Waals surface area contributed by atoms with Crippen molar-refractivity contribution in [3.63, 3.8) is 0 Å². The minimum atomic E-state index is -4.53. The monoisotopic (exact) mass is 235 g/mol. The van der Waals surface area contributed by atoms with E-state index in [1.807, 2.05) is 0 Å². The van der Waals surface area contributed by atoms with Crippen molar-refractivity contribution in [1.82, 2.24) is 5.32 Å². The summed E-state index contributed by atoms with van der Waals surface area (Å²) in [6.07, 6.45) is -4.53. The van der Waals surface area contributed by atoms with Crippen molar-refractivity contribution in [2.75, 3.05) is 0 Å². The summed E-state index contributed by atoms with van der Waals surface area (Å²) in [5.74, 6) is -0.722. The molecule has 0 atom stereocenters. The molecule has 0 fully saturated rings. The highest BCUT2D eigenvalue weighted by atomic mass is 35.5. The Bertz CT molecular complexity index is 442. The van der Waals surface area contributed by atoms with E-state index in [0.717, 1.165) is 12.1 Å². The van der Waals surface area contributed by atoms with Gasteiger partial charge in [-0.15, -0.1) is 0 Å². The molecule has 1 heterocycles. The van der Waals surface area contributed by atoms with Gasteiger partial charge in [0.05, 0.1) is 11.1 Å². The Kier molecular flexibility index (Phi) is 2.15. The maximum Gasteiger partial charge on any atom is 0.417 e. The third-order valence-electron chi connectivity index (χ3n) is 2.21. The minimum absolute atomic E-state index is 0.0525. The standard InChI is InChI=1S/C9H5ClF3NO/c10-6-2-1-5(9(11,12)13)7-4(6)3-14-8(7)15/h1-2H,3H2,(H,14,15). The second-order valence-electron chi connectivity index (χ2n) is 3.13. The van der Waals surface area contributed by atoms with Gasteiger partial charge in [-0.2, -0.15) is 13.2 Å². The third kappa shape index (κ3) is 1.56. The van der Waals surface area contributed by atoms with Gasteiger partial charge in [-0.3, -0.25) is 4.79 Å². The molecule has 2 nitrogen and oxygen atoms in total. The molecule has 0 saturated carbocycles. The third-order valence-corrected chi connectivity index (χ3v) is 2.57. The topological polar surface area (TPSA) is 29.1 Å². The number of halogens is 4. The first-order valence-electron chi connectivity index (χ1n) is 4.08. The number of benzene rings is 1. The fraction of sp³-hybridized carbons (Fsp3) is 0.222. The maximum atomic E-state index is 12.5. The molecule has 0 aromatic heterocycles. The summed E-state index contributed by atoms with van der Waals surface area (Å²) in [5.41, 5.74) is -1.07. The van der Waals surface area contributed by atoms with E-state index in [1.165, 1.54) is 0 Å². The zero-order chi connectivity index (χ0) is 11.2. The lowest BCUT2D eigenvalue weighted by molar-refractivity contribution is -0.137. The van der Waals surface area contributed by atoms with Gasteiger partial charge in [0.2, 0.25) is 0 Å². The zero-order valence-corrected chi connectivity index (χ0v) is 8.04. The fourth-order valence-corrected chi connectivity index (χ4v) is 1.77. The molecule has 0 saturated heterocycles. The fourth-order valence-electron chi connectivity index (χ4n) is 1.55. The van der Waals surface area contributed by atoms with E-state index < -0.39 is 17.6 Å². The Hall–Kier alpha value is -1.23. The van der Waals surface area contributed by atoms with Crippen LogP contribution in [0, 0.1) is 0 Å². The Morgan fingerprint density at radius 2 is 2.00 bits per heavy atom. The lowest BCUT2D eigenvalue weighted by Crippen LogP contribution is -2.17. The number of rotatable bonds is 0. The van der Waals surface area contributed by atoms with Crippen molar-refractivity contribution in [3.8, 4) is 0 Å². The number of fused-ring (bicyclic) bond motifs is 1. The van der Waals surface area contributed by atoms with Gasteiger partial charge < -0.3 is 5.32 Å². The molecular weight excluding hydrogens is 231 g/mol. The van der Waals surface area contributed by atoms with E-state index in [2.05, 4.69) is 5.32 Å². The second kappa shape index (κ2) is 3.13. The van der Waals surface area contributed by atoms with E-state index in [1.54, 1.807) is 0 Å². The number of hydrogen-bond donors (Lipinski definition) is 1. The summed E-state index contributed by atoms with van der Waals surface area (Å²) >= 11 is 5.70. The van der Waals surface area contributed by atoms with Crippen LogP contribution in [0.15, 0.2) is 12.1 Å². The molecule has 1 N–H and O–H groups in total. The quantitative estimate of drug-likeness (QED) is 0.736. The molecule has 2 rings (SSSR count). The van der Waals surface area contributed by atoms with Gasteiger partial charge in [-0.25, -0.2) is 0 Å². The number of nitrogens with one attached hydrogen (secondary N) is 1. The van der Waals surface area contributed by atoms with Crippen molar-refractivity contribution in [2.24, 2.45) is 0 Å². The van der Waals surface area contributed by atoms with E-state index in [9.17, 15) is 18.0 Å². The smallest absolute Gasteiger partial charge is 0.348 e. The first-order chi connectivity index (χ1) is 6.91. The number of hydrogen-bond acceptors (Lipinski definition) is 1. The van der Waals surface area contributed by atoms with Crippen molar-refractivity contribution >= 4 is 17.5 Å². The minimum Gasteiger partial charge on any atom is -0.348 e. The lowest BCUT2D eigenvalue weighted by Gasteiger charge is -2.10. The van der Waals surface area contributed by atoms with Gasteiger partial charge in [0.15, 0.2) is 0 Å². The number of amides is 1. The molecule has 0 bridgehead atoms. The molecule has 0 aliphatic carbocycles. The predicted octanol–water partition coefficient (Wildman–Crippen LogP) is 2.60. The van der Waals surface area contributed by atoms with Gasteiger partial charge in [-0.05, 0) is 12.1 Å². The average molecular weight is 236 g/mol. The highest BCUT2D eigenvalue weighted by Crippen LogP contribution is 2.37. The number of carbonyl (C=O) groups excluding carboxylic acids is 1. The van der Waals surface area contributed by atoms with Crippen molar-refractivity contribution in [3.05, 3.63) is 33.8 Å². The van der Waals surface area contributed by atoms with Crippen LogP contribution in [0.3, 0.4) is 0 Å². The van der Waals surface area contributed by atoms with Crippen LogP contribution in [0.25, 0.3) is 0 Å². The van der Waals surface area contributed by atoms with Gasteiger partial charge in [0.1, 0.15) is 0 Å². The van der Waals surface area contributed by atoms with Crippen LogP contribution in [0.1, 0.15) is 21.5 Å². The molecular formula is C9H5ClF3NO. The summed E-state index contributed by atoms with van der Waals surface area (Å²) in [4.78, 5) is 11.2. The van der Waals surface area contributed by atoms with Gasteiger partial charge in [0.25, 0.3) is 5.91 Å². The van der Waals surface area contributed by atoms with E-state index >= 15 is 0 Å². The van der Waals surface area contributed by atoms with E-state index in [0.29, 0.717) is 0 Å². The normalized spacial score (nSPS) is 15.1. The molecule has 1 amide bonds. The largest absolute Gasteiger partial charge is 0.417 e. The first-order valence-corrected chi connectivity index (χ1v) is 4.46. The Morgan fingerprint density at radius 3 is 2.60 bits per heavy atom. The van der Waals surface area contributed by atoms with E-state index in [4.69, 9.17) is 11.6 Å². The van der Waals surface area contributed by atoms with Crippen LogP contribution < -0.4 is 5.32 Å². The Balaban J connectivity index is 2.70. The predicted molar refractivity (Wildman–Crippen MR) is 47.6 cm³/mol. The molecule has 1 aromatic rings. The molecule has 15 heavy (non-hydrogen) atoms. The van der Waals surface area contributed by atoms with Crippen molar-refractivity contribution in [1.29, 1.82) is 0 Å². The van der Waals surface area contributed by atoms with Crippen molar-refractivity contribution < 1.29 is 18.0 Å². The van der Waals surface area contributed by atoms with Crippen LogP contribution in [0.2, 0.25) is 5.02 Å². The molecule has 6 heteroatoms. The SMILES string of the molecule is O=C1NCc2c(Cl)ccc(C(F)(F)F)c21. The number of alkyl halides is 3. The first kappa shape index (κ1) is 10.3. The van der Waals surface area contributed by atoms with Crippen LogP contribution in [0.5, 0.6) is 0 Å². The van der Waals surface area contributed by atoms with E-state index in [-0.39, 0.29) is 22.7 Å². The summed E-state index contributed by atoms with van der Waals surface area (Å²) in [7, 11) is 0. The summed E-state index contributed by atoms with van der Waals surface area (Å²) in [6.45, 7) is 0.0525. The Morgan fingerprint density at radius 1 is 1.33 bits per heavy atom. The van der Waals surface area contributed by atoms with Crippen molar-refractivity contribution in [2.45, 2.75) is 12.7 Å². The van der Waals surface area contributed by atoms with Gasteiger partial charge in [-0.1, -0.05) is 11.6 Å². The molecule has 1 aromatic carbocycles. The van der Waals surface area contributed by atoms with Gasteiger partial charge >= 0.3 is 6.18 Å². The molecule has 80 valence electrons. The van der Waals surface area contributed by atoms with Crippen LogP contribution >= 0.6 is 11.6 Å². The molecule has 0 spiro atoms. The second-order valence-corrected chi connectivity index (χ2v) is 3.54. The summed E-state index contributed by atoms with van der Waals surface area (Å²) in [5, 5.41) is 2.49. The lowest BCUT2D eigenvalue weighted by atomic mass is 10.0. The highest BCUT2D eigenvalue weighted by Gasteiger charge is 2.38. The zero-order valence-electron chi connectivity index (χ0n) is 7.28. The Labute approximate surface area is 88.0 Å². The summed E-state index contributed by atoms with van der Waals surface area (Å²) < 4.78 is 37.6. The van der Waals surface area contributed by atoms with Crippen LogP contribution in [-0.4, -0.2) is 5.91 Å². The molecule has 0 unspecified atom stereocenters. The molecule has 1 aliphatic heterocycles.